The van der Waals surface area contributed by atoms with Crippen LogP contribution in [-0.2, 0) is 0 Å². The fourth-order valence-corrected chi connectivity index (χ4v) is 5.36. The van der Waals surface area contributed by atoms with Gasteiger partial charge in [-0.1, -0.05) is 61.3 Å². The van der Waals surface area contributed by atoms with E-state index in [0.29, 0.717) is 0 Å². The van der Waals surface area contributed by atoms with Crippen LogP contribution in [0, 0.1) is 0 Å². The van der Waals surface area contributed by atoms with E-state index < -0.39 is 8.07 Å². The Morgan fingerprint density at radius 3 is 2.55 bits per heavy atom. The van der Waals surface area contributed by atoms with Crippen LogP contribution in [0.4, 0.5) is 0 Å². The highest BCUT2D eigenvalue weighted by molar-refractivity contribution is 7.08. The molecule has 1 heterocycles. The fraction of sp³-hybridized carbons (Fsp3) is 0.211. The summed E-state index contributed by atoms with van der Waals surface area (Å²) in [7, 11) is -1.60. The predicted octanol–water partition coefficient (Wildman–Crippen LogP) is 5.55. The van der Waals surface area contributed by atoms with Crippen molar-refractivity contribution in [2.45, 2.75) is 25.6 Å². The van der Waals surface area contributed by atoms with E-state index in [2.05, 4.69) is 48.6 Å². The zero-order valence-electron chi connectivity index (χ0n) is 13.2. The van der Waals surface area contributed by atoms with Crippen LogP contribution in [0.1, 0.15) is 27.4 Å². The van der Waals surface area contributed by atoms with E-state index in [1.165, 1.54) is 10.8 Å². The van der Waals surface area contributed by atoms with Gasteiger partial charge in [0, 0.05) is 11.5 Å². The lowest BCUT2D eigenvalue weighted by atomic mass is 9.93. The van der Waals surface area contributed by atoms with Gasteiger partial charge in [0.15, 0.2) is 5.78 Å². The first-order valence-corrected chi connectivity index (χ1v) is 12.0. The minimum atomic E-state index is -1.60. The number of carbonyl (C=O) groups excluding carboxylic acids is 1. The highest BCUT2D eigenvalue weighted by Gasteiger charge is 2.29. The Labute approximate surface area is 137 Å². The van der Waals surface area contributed by atoms with Crippen LogP contribution in [0.3, 0.4) is 0 Å². The SMILES string of the molecule is C[Si](C)(C)/C1=C/C(=O)c2ccccc2/C=C\C1c1ccsc1. The molecule has 0 saturated carbocycles. The average molecular weight is 325 g/mol. The van der Waals surface area contributed by atoms with E-state index in [-0.39, 0.29) is 11.7 Å². The number of carbonyl (C=O) groups is 1. The zero-order valence-corrected chi connectivity index (χ0v) is 15.0. The van der Waals surface area contributed by atoms with Crippen LogP contribution >= 0.6 is 11.3 Å². The van der Waals surface area contributed by atoms with Gasteiger partial charge >= 0.3 is 0 Å². The summed E-state index contributed by atoms with van der Waals surface area (Å²) < 4.78 is 0. The number of ketones is 1. The minimum Gasteiger partial charge on any atom is -0.289 e. The molecule has 0 amide bonds. The molecular weight excluding hydrogens is 304 g/mol. The van der Waals surface area contributed by atoms with Crippen LogP contribution in [0.25, 0.3) is 6.08 Å². The maximum atomic E-state index is 12.7. The summed E-state index contributed by atoms with van der Waals surface area (Å²) in [6.07, 6.45) is 6.29. The molecule has 0 N–H and O–H groups in total. The van der Waals surface area contributed by atoms with Crippen LogP contribution < -0.4 is 0 Å². The van der Waals surface area contributed by atoms with Crippen molar-refractivity contribution >= 4 is 31.3 Å². The van der Waals surface area contributed by atoms with Crippen molar-refractivity contribution in [1.82, 2.24) is 0 Å². The normalized spacial score (nSPS) is 22.2. The Morgan fingerprint density at radius 1 is 1.09 bits per heavy atom. The lowest BCUT2D eigenvalue weighted by molar-refractivity contribution is 0.104. The van der Waals surface area contributed by atoms with Gasteiger partial charge < -0.3 is 0 Å². The monoisotopic (exact) mass is 324 g/mol. The van der Waals surface area contributed by atoms with Gasteiger partial charge in [-0.05, 0) is 34.0 Å². The predicted molar refractivity (Wildman–Crippen MR) is 98.3 cm³/mol. The summed E-state index contributed by atoms with van der Waals surface area (Å²) in [6, 6.07) is 10.0. The summed E-state index contributed by atoms with van der Waals surface area (Å²) in [5, 5.41) is 5.61. The topological polar surface area (TPSA) is 17.1 Å². The number of thiophene rings is 1. The van der Waals surface area contributed by atoms with Gasteiger partial charge in [-0.3, -0.25) is 4.79 Å². The van der Waals surface area contributed by atoms with Crippen molar-refractivity contribution < 1.29 is 4.79 Å². The Morgan fingerprint density at radius 2 is 1.86 bits per heavy atom. The molecule has 0 saturated heterocycles. The Hall–Kier alpha value is -1.71. The van der Waals surface area contributed by atoms with Gasteiger partial charge in [-0.2, -0.15) is 11.3 Å². The number of hydrogen-bond acceptors (Lipinski definition) is 2. The van der Waals surface area contributed by atoms with E-state index in [1.807, 2.05) is 30.3 Å². The first-order chi connectivity index (χ1) is 10.5. The molecule has 0 bridgehead atoms. The summed E-state index contributed by atoms with van der Waals surface area (Å²) in [4.78, 5) is 12.7. The van der Waals surface area contributed by atoms with Crippen LogP contribution in [0.2, 0.25) is 19.6 Å². The number of hydrogen-bond donors (Lipinski definition) is 0. The molecule has 1 nitrogen and oxygen atoms in total. The zero-order chi connectivity index (χ0) is 15.7. The molecular formula is C19H20OSSi. The first-order valence-electron chi connectivity index (χ1n) is 7.52. The van der Waals surface area contributed by atoms with Crippen LogP contribution in [0.15, 0.2) is 58.4 Å². The molecule has 0 spiro atoms. The Bertz CT molecular complexity index is 748. The third-order valence-corrected chi connectivity index (χ3v) is 6.97. The highest BCUT2D eigenvalue weighted by atomic mass is 32.1. The van der Waals surface area contributed by atoms with E-state index >= 15 is 0 Å². The van der Waals surface area contributed by atoms with Crippen LogP contribution in [-0.4, -0.2) is 13.9 Å². The molecule has 2 aromatic rings. The molecule has 0 aliphatic heterocycles. The van der Waals surface area contributed by atoms with E-state index in [4.69, 9.17) is 0 Å². The van der Waals surface area contributed by atoms with Crippen molar-refractivity contribution in [1.29, 1.82) is 0 Å². The third kappa shape index (κ3) is 2.92. The second-order valence-corrected chi connectivity index (χ2v) is 12.6. The lowest BCUT2D eigenvalue weighted by Gasteiger charge is -2.28. The van der Waals surface area contributed by atoms with Gasteiger partial charge in [0.1, 0.15) is 0 Å². The van der Waals surface area contributed by atoms with Gasteiger partial charge in [0.25, 0.3) is 0 Å². The second kappa shape index (κ2) is 5.82. The van der Waals surface area contributed by atoms with Gasteiger partial charge in [0.2, 0.25) is 0 Å². The van der Waals surface area contributed by atoms with Crippen molar-refractivity contribution in [2.75, 3.05) is 0 Å². The lowest BCUT2D eigenvalue weighted by Crippen LogP contribution is -2.29. The summed E-state index contributed by atoms with van der Waals surface area (Å²) in [5.41, 5.74) is 3.11. The molecule has 112 valence electrons. The van der Waals surface area contributed by atoms with Crippen molar-refractivity contribution in [3.8, 4) is 0 Å². The van der Waals surface area contributed by atoms with Crippen molar-refractivity contribution in [3.05, 3.63) is 75.1 Å². The van der Waals surface area contributed by atoms with Crippen molar-refractivity contribution in [3.63, 3.8) is 0 Å². The number of allylic oxidation sites excluding steroid dienone is 3. The van der Waals surface area contributed by atoms with Gasteiger partial charge in [0.05, 0.1) is 8.07 Å². The summed E-state index contributed by atoms with van der Waals surface area (Å²) in [6.45, 7) is 6.94. The molecule has 1 unspecified atom stereocenters. The standard InChI is InChI=1S/C19H20OSSi/c1-22(2,3)19-12-18(20)16-7-5-4-6-14(16)8-9-17(19)15-10-11-21-13-15/h4-13,17H,1-3H3/b9-8-,19-12+. The largest absolute Gasteiger partial charge is 0.289 e. The molecule has 1 aliphatic carbocycles. The first kappa shape index (κ1) is 15.2. The maximum absolute atomic E-state index is 12.7. The third-order valence-electron chi connectivity index (χ3n) is 4.08. The minimum absolute atomic E-state index is 0.137. The molecule has 0 radical (unpaired) electrons. The van der Waals surface area contributed by atoms with Gasteiger partial charge in [-0.15, -0.1) is 0 Å². The Kier molecular flexibility index (Phi) is 4.02. The molecule has 1 aromatic heterocycles. The highest BCUT2D eigenvalue weighted by Crippen LogP contribution is 2.36. The van der Waals surface area contributed by atoms with E-state index in [9.17, 15) is 4.79 Å². The molecule has 3 heteroatoms. The van der Waals surface area contributed by atoms with Gasteiger partial charge in [-0.25, -0.2) is 0 Å². The van der Waals surface area contributed by atoms with E-state index in [1.54, 1.807) is 11.3 Å². The Balaban J connectivity index is 2.19. The fourth-order valence-electron chi connectivity index (χ4n) is 2.90. The molecule has 0 fully saturated rings. The molecule has 1 aromatic carbocycles. The summed E-state index contributed by atoms with van der Waals surface area (Å²) >= 11 is 1.71. The second-order valence-electron chi connectivity index (χ2n) is 6.69. The molecule has 3 rings (SSSR count). The maximum Gasteiger partial charge on any atom is 0.186 e. The number of benzene rings is 1. The van der Waals surface area contributed by atoms with Crippen molar-refractivity contribution in [2.24, 2.45) is 0 Å². The van der Waals surface area contributed by atoms with E-state index in [0.717, 1.165) is 11.1 Å². The molecule has 22 heavy (non-hydrogen) atoms. The number of rotatable bonds is 2. The summed E-state index contributed by atoms with van der Waals surface area (Å²) in [5.74, 6) is 0.354. The smallest absolute Gasteiger partial charge is 0.186 e. The molecule has 1 atom stereocenters. The van der Waals surface area contributed by atoms with Crippen LogP contribution in [0.5, 0.6) is 0 Å². The number of fused-ring (bicyclic) bond motifs is 1. The average Bonchev–Trinajstić information content (AvgIpc) is 2.97. The quantitative estimate of drug-likeness (QED) is 0.662. The molecule has 1 aliphatic rings.